The number of nitro groups is 1. The average Bonchev–Trinajstić information content (AvgIpc) is 2.78. The third-order valence-electron chi connectivity index (χ3n) is 5.02. The molecule has 0 N–H and O–H groups in total. The summed E-state index contributed by atoms with van der Waals surface area (Å²) < 4.78 is 15.9. The second-order valence-electron chi connectivity index (χ2n) is 7.12. The van der Waals surface area contributed by atoms with Crippen LogP contribution in [0.1, 0.15) is 25.3 Å². The number of hydrogen-bond acceptors (Lipinski definition) is 9. The van der Waals surface area contributed by atoms with Crippen LogP contribution < -0.4 is 9.64 Å². The van der Waals surface area contributed by atoms with Gasteiger partial charge in [-0.3, -0.25) is 4.79 Å². The van der Waals surface area contributed by atoms with Crippen molar-refractivity contribution in [1.29, 1.82) is 0 Å². The summed E-state index contributed by atoms with van der Waals surface area (Å²) >= 11 is 0. The SMILES string of the molecule is CCOC(=O)C1CCN(c2cc(Oc3ccc(CCOC)cc3)nc([N+](=O)[O-])n2)CC1. The van der Waals surface area contributed by atoms with Crippen molar-refractivity contribution in [2.75, 3.05) is 38.3 Å². The van der Waals surface area contributed by atoms with Crippen molar-refractivity contribution in [3.05, 3.63) is 46.0 Å². The van der Waals surface area contributed by atoms with Crippen LogP contribution in [0.2, 0.25) is 0 Å². The molecule has 0 unspecified atom stereocenters. The third kappa shape index (κ3) is 6.11. The van der Waals surface area contributed by atoms with Gasteiger partial charge in [-0.1, -0.05) is 12.1 Å². The van der Waals surface area contributed by atoms with E-state index >= 15 is 0 Å². The van der Waals surface area contributed by atoms with Crippen LogP contribution in [0.3, 0.4) is 0 Å². The molecule has 0 aliphatic carbocycles. The summed E-state index contributed by atoms with van der Waals surface area (Å²) in [6, 6.07) is 8.96. The first-order valence-corrected chi connectivity index (χ1v) is 10.2. The number of hydrogen-bond donors (Lipinski definition) is 0. The maximum Gasteiger partial charge on any atom is 0.474 e. The number of anilines is 1. The number of piperidine rings is 1. The topological polar surface area (TPSA) is 117 Å². The van der Waals surface area contributed by atoms with Gasteiger partial charge in [0.15, 0.2) is 0 Å². The molecule has 166 valence electrons. The molecule has 2 aromatic rings. The number of carbonyl (C=O) groups excluding carboxylic acids is 1. The number of ether oxygens (including phenoxy) is 3. The van der Waals surface area contributed by atoms with Gasteiger partial charge in [0.25, 0.3) is 0 Å². The molecule has 2 heterocycles. The number of carbonyl (C=O) groups is 1. The van der Waals surface area contributed by atoms with Gasteiger partial charge in [-0.25, -0.2) is 0 Å². The monoisotopic (exact) mass is 430 g/mol. The van der Waals surface area contributed by atoms with Crippen molar-refractivity contribution < 1.29 is 23.9 Å². The fourth-order valence-corrected chi connectivity index (χ4v) is 3.37. The van der Waals surface area contributed by atoms with E-state index in [-0.39, 0.29) is 17.8 Å². The molecule has 0 bridgehead atoms. The molecule has 0 atom stereocenters. The van der Waals surface area contributed by atoms with E-state index in [1.54, 1.807) is 32.2 Å². The molecular formula is C21H26N4O6. The second kappa shape index (κ2) is 10.7. The average molecular weight is 430 g/mol. The lowest BCUT2D eigenvalue weighted by molar-refractivity contribution is -0.394. The van der Waals surface area contributed by atoms with Crippen LogP contribution in [0, 0.1) is 16.0 Å². The Kier molecular flexibility index (Phi) is 7.71. The first-order chi connectivity index (χ1) is 15.0. The largest absolute Gasteiger partial charge is 0.474 e. The minimum absolute atomic E-state index is 0.0915. The van der Waals surface area contributed by atoms with Crippen molar-refractivity contribution in [1.82, 2.24) is 9.97 Å². The number of rotatable bonds is 9. The van der Waals surface area contributed by atoms with E-state index in [0.717, 1.165) is 12.0 Å². The zero-order valence-electron chi connectivity index (χ0n) is 17.7. The maximum atomic E-state index is 11.9. The van der Waals surface area contributed by atoms with E-state index in [9.17, 15) is 14.9 Å². The number of aromatic nitrogens is 2. The summed E-state index contributed by atoms with van der Waals surface area (Å²) in [5.74, 6) is 0.108. The van der Waals surface area contributed by atoms with E-state index in [2.05, 4.69) is 9.97 Å². The zero-order valence-corrected chi connectivity index (χ0v) is 17.7. The molecule has 0 spiro atoms. The Morgan fingerprint density at radius 2 is 1.94 bits per heavy atom. The molecule has 0 radical (unpaired) electrons. The van der Waals surface area contributed by atoms with Gasteiger partial charge in [-0.15, -0.1) is 0 Å². The Bertz CT molecular complexity index is 897. The molecule has 1 aromatic heterocycles. The predicted molar refractivity (Wildman–Crippen MR) is 112 cm³/mol. The Morgan fingerprint density at radius 3 is 2.55 bits per heavy atom. The molecule has 1 saturated heterocycles. The number of nitrogens with zero attached hydrogens (tertiary/aromatic N) is 4. The minimum Gasteiger partial charge on any atom is -0.466 e. The third-order valence-corrected chi connectivity index (χ3v) is 5.02. The Labute approximate surface area is 180 Å². The lowest BCUT2D eigenvalue weighted by Crippen LogP contribution is -2.37. The van der Waals surface area contributed by atoms with E-state index in [1.807, 2.05) is 17.0 Å². The molecule has 31 heavy (non-hydrogen) atoms. The van der Waals surface area contributed by atoms with E-state index in [0.29, 0.717) is 50.7 Å². The Morgan fingerprint density at radius 1 is 1.23 bits per heavy atom. The maximum absolute atomic E-state index is 11.9. The first-order valence-electron chi connectivity index (χ1n) is 10.2. The Hall–Kier alpha value is -3.27. The number of esters is 1. The van der Waals surface area contributed by atoms with Gasteiger partial charge in [0.2, 0.25) is 5.82 Å². The van der Waals surface area contributed by atoms with Gasteiger partial charge < -0.3 is 29.2 Å². The molecule has 1 aromatic carbocycles. The van der Waals surface area contributed by atoms with Crippen molar-refractivity contribution >= 4 is 17.7 Å². The van der Waals surface area contributed by atoms with E-state index in [1.165, 1.54) is 0 Å². The van der Waals surface area contributed by atoms with E-state index in [4.69, 9.17) is 14.2 Å². The molecule has 1 aliphatic heterocycles. The smallest absolute Gasteiger partial charge is 0.466 e. The summed E-state index contributed by atoms with van der Waals surface area (Å²) in [6.07, 6.45) is 1.97. The van der Waals surface area contributed by atoms with Gasteiger partial charge in [-0.05, 0) is 58.8 Å². The molecule has 10 nitrogen and oxygen atoms in total. The van der Waals surface area contributed by atoms with Gasteiger partial charge in [0, 0.05) is 20.2 Å². The highest BCUT2D eigenvalue weighted by atomic mass is 16.6. The highest BCUT2D eigenvalue weighted by Crippen LogP contribution is 2.29. The number of methoxy groups -OCH3 is 1. The summed E-state index contributed by atoms with van der Waals surface area (Å²) in [7, 11) is 1.65. The van der Waals surface area contributed by atoms with Crippen molar-refractivity contribution in [3.63, 3.8) is 0 Å². The summed E-state index contributed by atoms with van der Waals surface area (Å²) in [5.41, 5.74) is 1.09. The lowest BCUT2D eigenvalue weighted by Gasteiger charge is -2.30. The van der Waals surface area contributed by atoms with Gasteiger partial charge in [-0.2, -0.15) is 0 Å². The normalized spacial score (nSPS) is 14.3. The van der Waals surface area contributed by atoms with Crippen LogP contribution in [-0.4, -0.2) is 54.3 Å². The Balaban J connectivity index is 1.72. The fraction of sp³-hybridized carbons (Fsp3) is 0.476. The molecule has 1 fully saturated rings. The van der Waals surface area contributed by atoms with Crippen LogP contribution in [0.4, 0.5) is 11.8 Å². The minimum atomic E-state index is -0.643. The fourth-order valence-electron chi connectivity index (χ4n) is 3.37. The standard InChI is InChI=1S/C21H26N4O6/c1-3-30-20(26)16-8-11-24(12-9-16)18-14-19(23-21(22-18)25(27)28)31-17-6-4-15(5-7-17)10-13-29-2/h4-7,14,16H,3,8-13H2,1-2H3. The van der Waals surface area contributed by atoms with Gasteiger partial charge >= 0.3 is 17.8 Å². The first kappa shape index (κ1) is 22.4. The molecular weight excluding hydrogens is 404 g/mol. The molecule has 0 saturated carbocycles. The summed E-state index contributed by atoms with van der Waals surface area (Å²) in [5, 5.41) is 11.3. The lowest BCUT2D eigenvalue weighted by atomic mass is 9.97. The van der Waals surface area contributed by atoms with Crippen molar-refractivity contribution in [3.8, 4) is 11.6 Å². The molecule has 0 amide bonds. The number of benzene rings is 1. The van der Waals surface area contributed by atoms with Crippen molar-refractivity contribution in [2.24, 2.45) is 5.92 Å². The molecule has 3 rings (SSSR count). The van der Waals surface area contributed by atoms with Crippen molar-refractivity contribution in [2.45, 2.75) is 26.2 Å². The van der Waals surface area contributed by atoms with Crippen LogP contribution in [0.15, 0.2) is 30.3 Å². The van der Waals surface area contributed by atoms with Crippen LogP contribution in [0.25, 0.3) is 0 Å². The molecule has 10 heteroatoms. The highest BCUT2D eigenvalue weighted by Gasteiger charge is 2.29. The van der Waals surface area contributed by atoms with Gasteiger partial charge in [0.05, 0.1) is 25.2 Å². The second-order valence-corrected chi connectivity index (χ2v) is 7.12. The van der Waals surface area contributed by atoms with Crippen LogP contribution >= 0.6 is 0 Å². The van der Waals surface area contributed by atoms with E-state index < -0.39 is 10.9 Å². The van der Waals surface area contributed by atoms with Gasteiger partial charge in [0.1, 0.15) is 5.75 Å². The van der Waals surface area contributed by atoms with Crippen LogP contribution in [-0.2, 0) is 20.7 Å². The highest BCUT2D eigenvalue weighted by molar-refractivity contribution is 5.72. The zero-order chi connectivity index (χ0) is 22.2. The molecule has 1 aliphatic rings. The summed E-state index contributed by atoms with van der Waals surface area (Å²) in [6.45, 7) is 3.82. The van der Waals surface area contributed by atoms with Crippen LogP contribution in [0.5, 0.6) is 11.6 Å². The summed E-state index contributed by atoms with van der Waals surface area (Å²) in [4.78, 5) is 32.5. The quantitative estimate of drug-likeness (QED) is 0.336. The predicted octanol–water partition coefficient (Wildman–Crippen LogP) is 3.15.